The summed E-state index contributed by atoms with van der Waals surface area (Å²) in [5.41, 5.74) is 5.07. The number of nitrogens with zero attached hydrogens (tertiary/aromatic N) is 3. The minimum Gasteiger partial charge on any atom is -0.493 e. The Balaban J connectivity index is 1.93. The van der Waals surface area contributed by atoms with Crippen LogP contribution in [-0.2, 0) is 9.53 Å². The number of esters is 1. The largest absolute Gasteiger partial charge is 0.493 e. The zero-order valence-corrected chi connectivity index (χ0v) is 15.4. The lowest BCUT2D eigenvalue weighted by Crippen LogP contribution is -2.38. The van der Waals surface area contributed by atoms with Crippen molar-refractivity contribution in [2.45, 2.75) is 6.04 Å². The molecule has 0 saturated carbocycles. The number of amides is 2. The van der Waals surface area contributed by atoms with Crippen molar-refractivity contribution in [3.05, 3.63) is 59.0 Å². The average Bonchev–Trinajstić information content (AvgIpc) is 3.11. The Morgan fingerprint density at radius 3 is 2.43 bits per heavy atom. The molecule has 2 heterocycles. The van der Waals surface area contributed by atoms with Crippen molar-refractivity contribution < 1.29 is 34.1 Å². The van der Waals surface area contributed by atoms with Crippen LogP contribution in [0, 0.1) is 0 Å². The van der Waals surface area contributed by atoms with E-state index >= 15 is 0 Å². The summed E-state index contributed by atoms with van der Waals surface area (Å²) in [5, 5.41) is 21.4. The lowest BCUT2D eigenvalue weighted by molar-refractivity contribution is -0.120. The number of ether oxygens (including phenoxy) is 1. The third kappa shape index (κ3) is 3.73. The number of hydrogen-bond acceptors (Lipinski definition) is 8. The van der Waals surface area contributed by atoms with Gasteiger partial charge in [0.2, 0.25) is 17.6 Å². The molecule has 0 aliphatic heterocycles. The van der Waals surface area contributed by atoms with Crippen LogP contribution in [0.1, 0.15) is 42.9 Å². The number of carboxylic acid groups (broad SMARTS) is 1. The fraction of sp³-hybridized carbons (Fsp3) is 0.111. The Hall–Kier alpha value is -4.48. The van der Waals surface area contributed by atoms with Gasteiger partial charge in [-0.3, -0.25) is 9.59 Å². The molecule has 12 heteroatoms. The molecule has 5 N–H and O–H groups in total. The molecular weight excluding hydrogens is 398 g/mol. The molecule has 3 aromatic rings. The average molecular weight is 413 g/mol. The molecule has 3 rings (SSSR count). The van der Waals surface area contributed by atoms with E-state index in [-0.39, 0.29) is 22.6 Å². The molecule has 30 heavy (non-hydrogen) atoms. The van der Waals surface area contributed by atoms with Gasteiger partial charge < -0.3 is 26.0 Å². The number of benzene rings is 1. The number of nitrogens with two attached hydrogens (primary N) is 1. The number of primary amides is 1. The lowest BCUT2D eigenvalue weighted by atomic mass is 10.0. The van der Waals surface area contributed by atoms with Gasteiger partial charge >= 0.3 is 11.9 Å². The summed E-state index contributed by atoms with van der Waals surface area (Å²) < 4.78 is 5.44. The number of aromatic carboxylic acids is 1. The number of aromatic nitrogens is 3. The van der Waals surface area contributed by atoms with Gasteiger partial charge in [0.25, 0.3) is 5.91 Å². The highest BCUT2D eigenvalue weighted by atomic mass is 16.5. The number of methoxy groups -OCH3 is 1. The van der Waals surface area contributed by atoms with Crippen LogP contribution < -0.4 is 11.1 Å². The molecule has 0 spiro atoms. The first kappa shape index (κ1) is 20.3. The summed E-state index contributed by atoms with van der Waals surface area (Å²) in [6.07, 6.45) is 0.978. The van der Waals surface area contributed by atoms with Gasteiger partial charge in [-0.2, -0.15) is 0 Å². The number of fused-ring (bicyclic) bond motifs is 1. The Kier molecular flexibility index (Phi) is 5.31. The maximum Gasteiger partial charge on any atom is 0.353 e. The number of rotatable bonds is 6. The van der Waals surface area contributed by atoms with Gasteiger partial charge in [0, 0.05) is 6.07 Å². The Bertz CT molecular complexity index is 1170. The number of carboxylic acids is 1. The molecule has 154 valence electrons. The predicted octanol–water partition coefficient (Wildman–Crippen LogP) is -0.124. The number of imidazole rings is 1. The first-order valence-electron chi connectivity index (χ1n) is 8.32. The second-order valence-electron chi connectivity index (χ2n) is 6.01. The highest BCUT2D eigenvalue weighted by Gasteiger charge is 2.24. The van der Waals surface area contributed by atoms with E-state index in [0.29, 0.717) is 0 Å². The quantitative estimate of drug-likeness (QED) is 0.399. The summed E-state index contributed by atoms with van der Waals surface area (Å²) in [6, 6.07) is 5.24. The minimum absolute atomic E-state index is 0.226. The van der Waals surface area contributed by atoms with E-state index in [1.807, 2.05) is 0 Å². The molecule has 0 aliphatic rings. The van der Waals surface area contributed by atoms with Crippen LogP contribution in [0.15, 0.2) is 36.5 Å². The predicted molar refractivity (Wildman–Crippen MR) is 98.8 cm³/mol. The molecule has 1 atom stereocenters. The third-order valence-electron chi connectivity index (χ3n) is 4.14. The van der Waals surface area contributed by atoms with Gasteiger partial charge in [-0.15, -0.1) is 0 Å². The third-order valence-corrected chi connectivity index (χ3v) is 4.14. The van der Waals surface area contributed by atoms with Crippen LogP contribution in [0.3, 0.4) is 0 Å². The first-order valence-corrected chi connectivity index (χ1v) is 8.32. The maximum absolute atomic E-state index is 12.6. The molecule has 2 amide bonds. The van der Waals surface area contributed by atoms with E-state index in [1.165, 1.54) is 31.4 Å². The van der Waals surface area contributed by atoms with Crippen molar-refractivity contribution in [3.63, 3.8) is 0 Å². The van der Waals surface area contributed by atoms with E-state index in [9.17, 15) is 29.4 Å². The fourth-order valence-corrected chi connectivity index (χ4v) is 2.70. The monoisotopic (exact) mass is 413 g/mol. The van der Waals surface area contributed by atoms with Gasteiger partial charge in [0.15, 0.2) is 0 Å². The highest BCUT2D eigenvalue weighted by Crippen LogP contribution is 2.18. The van der Waals surface area contributed by atoms with Crippen molar-refractivity contribution in [3.8, 4) is 5.88 Å². The van der Waals surface area contributed by atoms with Crippen molar-refractivity contribution in [2.75, 3.05) is 7.11 Å². The van der Waals surface area contributed by atoms with Crippen LogP contribution >= 0.6 is 0 Å². The molecule has 1 aromatic carbocycles. The number of nitrogens with one attached hydrogen (secondary N) is 1. The van der Waals surface area contributed by atoms with Crippen LogP contribution in [0.4, 0.5) is 0 Å². The molecule has 0 bridgehead atoms. The molecule has 0 aliphatic carbocycles. The fourth-order valence-electron chi connectivity index (χ4n) is 2.70. The Morgan fingerprint density at radius 2 is 1.87 bits per heavy atom. The lowest BCUT2D eigenvalue weighted by Gasteiger charge is -2.16. The topological polar surface area (TPSA) is 186 Å². The Morgan fingerprint density at radius 1 is 1.20 bits per heavy atom. The SMILES string of the molecule is COC(=O)c1ccc([C@@H](NC(=O)c2cc(C(=O)O)n3c(O)cnc3n2)C(N)=O)cc1. The zero-order valence-electron chi connectivity index (χ0n) is 15.4. The molecule has 2 aromatic heterocycles. The first-order chi connectivity index (χ1) is 14.2. The normalized spacial score (nSPS) is 11.6. The maximum atomic E-state index is 12.6. The van der Waals surface area contributed by atoms with Crippen molar-refractivity contribution in [1.29, 1.82) is 0 Å². The summed E-state index contributed by atoms with van der Waals surface area (Å²) in [6.45, 7) is 0. The summed E-state index contributed by atoms with van der Waals surface area (Å²) >= 11 is 0. The number of hydrogen-bond donors (Lipinski definition) is 4. The second kappa shape index (κ2) is 7.87. The molecular formula is C18H15N5O7. The van der Waals surface area contributed by atoms with Crippen LogP contribution in [0.25, 0.3) is 5.78 Å². The van der Waals surface area contributed by atoms with Crippen molar-refractivity contribution >= 4 is 29.5 Å². The van der Waals surface area contributed by atoms with Crippen LogP contribution in [0.5, 0.6) is 5.88 Å². The summed E-state index contributed by atoms with van der Waals surface area (Å²) in [5.74, 6) is -4.51. The van der Waals surface area contributed by atoms with E-state index < -0.39 is 41.4 Å². The van der Waals surface area contributed by atoms with E-state index in [1.54, 1.807) is 0 Å². The van der Waals surface area contributed by atoms with Crippen molar-refractivity contribution in [2.24, 2.45) is 5.73 Å². The van der Waals surface area contributed by atoms with Gasteiger partial charge in [0.1, 0.15) is 17.4 Å². The number of carbonyl (C=O) groups is 4. The molecule has 0 fully saturated rings. The van der Waals surface area contributed by atoms with Crippen LogP contribution in [0.2, 0.25) is 0 Å². The number of carbonyl (C=O) groups excluding carboxylic acids is 3. The van der Waals surface area contributed by atoms with E-state index in [0.717, 1.165) is 16.7 Å². The van der Waals surface area contributed by atoms with Crippen molar-refractivity contribution in [1.82, 2.24) is 19.7 Å². The zero-order chi connectivity index (χ0) is 22.0. The van der Waals surface area contributed by atoms with E-state index in [4.69, 9.17) is 5.73 Å². The van der Waals surface area contributed by atoms with Gasteiger partial charge in [-0.05, 0) is 17.7 Å². The smallest absolute Gasteiger partial charge is 0.353 e. The standard InChI is InChI=1S/C18H15N5O7/c1-30-17(29)9-4-2-8(3-5-9)13(14(19)25)22-15(26)10-6-11(16(27)28)23-12(24)7-20-18(23)21-10/h2-7,13,24H,1H3,(H2,19,25)(H,22,26)(H,27,28)/t13-/m1/s1. The van der Waals surface area contributed by atoms with E-state index in [2.05, 4.69) is 20.0 Å². The summed E-state index contributed by atoms with van der Waals surface area (Å²) in [4.78, 5) is 55.1. The van der Waals surface area contributed by atoms with Gasteiger partial charge in [-0.25, -0.2) is 24.0 Å². The minimum atomic E-state index is -1.44. The Labute approximate surface area is 167 Å². The molecule has 12 nitrogen and oxygen atoms in total. The van der Waals surface area contributed by atoms with Gasteiger partial charge in [0.05, 0.1) is 18.9 Å². The summed E-state index contributed by atoms with van der Waals surface area (Å²) in [7, 11) is 1.22. The van der Waals surface area contributed by atoms with Crippen LogP contribution in [-0.4, -0.2) is 55.4 Å². The second-order valence-corrected chi connectivity index (χ2v) is 6.01. The highest BCUT2D eigenvalue weighted by molar-refractivity contribution is 5.98. The van der Waals surface area contributed by atoms with Gasteiger partial charge in [-0.1, -0.05) is 12.1 Å². The number of aromatic hydroxyl groups is 1. The molecule has 0 radical (unpaired) electrons. The molecule has 0 saturated heterocycles. The molecule has 0 unspecified atom stereocenters.